The number of hydrogen-bond acceptors (Lipinski definition) is 4. The van der Waals surface area contributed by atoms with Gasteiger partial charge < -0.3 is 19.9 Å². The molecule has 0 aliphatic rings. The first-order chi connectivity index (χ1) is 9.52. The van der Waals surface area contributed by atoms with E-state index in [0.717, 1.165) is 5.56 Å². The third kappa shape index (κ3) is 6.55. The number of ether oxygens (including phenoxy) is 2. The van der Waals surface area contributed by atoms with Gasteiger partial charge in [0.25, 0.3) is 0 Å². The molecule has 0 saturated carbocycles. The van der Waals surface area contributed by atoms with Crippen molar-refractivity contribution in [3.8, 4) is 11.5 Å². The van der Waals surface area contributed by atoms with E-state index in [1.807, 2.05) is 12.1 Å². The van der Waals surface area contributed by atoms with Gasteiger partial charge in [0.15, 0.2) is 11.5 Å². The molecule has 4 nitrogen and oxygen atoms in total. The summed E-state index contributed by atoms with van der Waals surface area (Å²) in [5.41, 5.74) is 0.110. The van der Waals surface area contributed by atoms with Crippen molar-refractivity contribution in [3.05, 3.63) is 22.7 Å². The van der Waals surface area contributed by atoms with Crippen LogP contribution in [0.3, 0.4) is 0 Å². The van der Waals surface area contributed by atoms with Gasteiger partial charge in [-0.2, -0.15) is 0 Å². The van der Waals surface area contributed by atoms with Crippen LogP contribution in [0.1, 0.15) is 40.2 Å². The second kappa shape index (κ2) is 6.86. The summed E-state index contributed by atoms with van der Waals surface area (Å²) in [7, 11) is 1.57. The minimum atomic E-state index is -0.930. The number of hydrogen-bond donors (Lipinski definition) is 2. The van der Waals surface area contributed by atoms with E-state index in [0.29, 0.717) is 23.1 Å². The molecule has 21 heavy (non-hydrogen) atoms. The Morgan fingerprint density at radius 2 is 1.81 bits per heavy atom. The van der Waals surface area contributed by atoms with E-state index in [9.17, 15) is 5.11 Å². The summed E-state index contributed by atoms with van der Waals surface area (Å²) in [6, 6.07) is 3.74. The number of methoxy groups -OCH3 is 1. The van der Waals surface area contributed by atoms with Crippen LogP contribution in [-0.2, 0) is 6.54 Å². The van der Waals surface area contributed by atoms with Crippen LogP contribution >= 0.6 is 11.6 Å². The molecule has 0 heterocycles. The molecule has 1 aromatic rings. The molecule has 5 heteroatoms. The standard InChI is InChI=1S/C16H26ClNO3/c1-15(2,3)18-9-11-7-12(17)14(13(8-11)20-6)21-10-16(4,5)19/h7-8,18-19H,9-10H2,1-6H3. The zero-order chi connectivity index (χ0) is 16.3. The Balaban J connectivity index is 2.92. The molecule has 0 unspecified atom stereocenters. The maximum Gasteiger partial charge on any atom is 0.179 e. The summed E-state index contributed by atoms with van der Waals surface area (Å²) in [6.45, 7) is 10.5. The van der Waals surface area contributed by atoms with E-state index < -0.39 is 5.60 Å². The van der Waals surface area contributed by atoms with E-state index in [-0.39, 0.29) is 12.1 Å². The smallest absolute Gasteiger partial charge is 0.179 e. The Morgan fingerprint density at radius 3 is 2.29 bits per heavy atom. The van der Waals surface area contributed by atoms with E-state index in [1.54, 1.807) is 21.0 Å². The summed E-state index contributed by atoms with van der Waals surface area (Å²) in [6.07, 6.45) is 0. The predicted molar refractivity (Wildman–Crippen MR) is 86.4 cm³/mol. The SMILES string of the molecule is COc1cc(CNC(C)(C)C)cc(Cl)c1OCC(C)(C)O. The maximum absolute atomic E-state index is 9.74. The molecule has 1 rings (SSSR count). The monoisotopic (exact) mass is 315 g/mol. The van der Waals surface area contributed by atoms with Crippen LogP contribution in [0.2, 0.25) is 5.02 Å². The average molecular weight is 316 g/mol. The summed E-state index contributed by atoms with van der Waals surface area (Å²) in [5.74, 6) is 1.03. The zero-order valence-electron chi connectivity index (χ0n) is 13.7. The van der Waals surface area contributed by atoms with Crippen LogP contribution in [0.15, 0.2) is 12.1 Å². The molecule has 0 saturated heterocycles. The second-order valence-corrected chi connectivity index (χ2v) is 7.22. The molecule has 0 aromatic heterocycles. The molecule has 120 valence electrons. The lowest BCUT2D eigenvalue weighted by Gasteiger charge is -2.22. The highest BCUT2D eigenvalue weighted by molar-refractivity contribution is 6.32. The van der Waals surface area contributed by atoms with E-state index in [4.69, 9.17) is 21.1 Å². The van der Waals surface area contributed by atoms with Crippen molar-refractivity contribution in [2.24, 2.45) is 0 Å². The Labute approximate surface area is 132 Å². The highest BCUT2D eigenvalue weighted by Crippen LogP contribution is 2.37. The minimum absolute atomic E-state index is 0.0236. The van der Waals surface area contributed by atoms with Crippen molar-refractivity contribution in [2.45, 2.75) is 52.3 Å². The molecule has 0 spiro atoms. The van der Waals surface area contributed by atoms with Gasteiger partial charge >= 0.3 is 0 Å². The zero-order valence-corrected chi connectivity index (χ0v) is 14.5. The van der Waals surface area contributed by atoms with Gasteiger partial charge in [-0.25, -0.2) is 0 Å². The van der Waals surface area contributed by atoms with Crippen LogP contribution in [0.25, 0.3) is 0 Å². The van der Waals surface area contributed by atoms with Crippen molar-refractivity contribution < 1.29 is 14.6 Å². The van der Waals surface area contributed by atoms with Crippen LogP contribution in [-0.4, -0.2) is 30.0 Å². The lowest BCUT2D eigenvalue weighted by molar-refractivity contribution is 0.0276. The molecule has 1 aromatic carbocycles. The van der Waals surface area contributed by atoms with E-state index in [2.05, 4.69) is 26.1 Å². The van der Waals surface area contributed by atoms with Crippen molar-refractivity contribution in [2.75, 3.05) is 13.7 Å². The predicted octanol–water partition coefficient (Wildman–Crippen LogP) is 3.39. The van der Waals surface area contributed by atoms with Crippen molar-refractivity contribution in [1.29, 1.82) is 0 Å². The number of nitrogens with one attached hydrogen (secondary N) is 1. The fourth-order valence-corrected chi connectivity index (χ4v) is 1.92. The highest BCUT2D eigenvalue weighted by atomic mass is 35.5. The molecule has 0 aliphatic carbocycles. The van der Waals surface area contributed by atoms with Crippen LogP contribution in [0.5, 0.6) is 11.5 Å². The third-order valence-electron chi connectivity index (χ3n) is 2.68. The summed E-state index contributed by atoms with van der Waals surface area (Å²) in [4.78, 5) is 0. The molecule has 0 bridgehead atoms. The van der Waals surface area contributed by atoms with Gasteiger partial charge in [-0.1, -0.05) is 11.6 Å². The molecule has 0 atom stereocenters. The lowest BCUT2D eigenvalue weighted by atomic mass is 10.1. The van der Waals surface area contributed by atoms with Crippen LogP contribution in [0, 0.1) is 0 Å². The van der Waals surface area contributed by atoms with Gasteiger partial charge in [0.05, 0.1) is 17.7 Å². The van der Waals surface area contributed by atoms with Crippen molar-refractivity contribution in [3.63, 3.8) is 0 Å². The Kier molecular flexibility index (Phi) is 5.91. The van der Waals surface area contributed by atoms with Crippen molar-refractivity contribution >= 4 is 11.6 Å². The first kappa shape index (κ1) is 18.1. The number of halogens is 1. The van der Waals surface area contributed by atoms with Crippen LogP contribution in [0.4, 0.5) is 0 Å². The van der Waals surface area contributed by atoms with Gasteiger partial charge in [-0.15, -0.1) is 0 Å². The lowest BCUT2D eigenvalue weighted by Crippen LogP contribution is -2.35. The molecule has 0 fully saturated rings. The number of aliphatic hydroxyl groups is 1. The van der Waals surface area contributed by atoms with E-state index in [1.165, 1.54) is 0 Å². The topological polar surface area (TPSA) is 50.7 Å². The second-order valence-electron chi connectivity index (χ2n) is 6.81. The third-order valence-corrected chi connectivity index (χ3v) is 2.96. The average Bonchev–Trinajstić information content (AvgIpc) is 2.32. The quantitative estimate of drug-likeness (QED) is 0.845. The van der Waals surface area contributed by atoms with Gasteiger partial charge in [0.1, 0.15) is 6.61 Å². The van der Waals surface area contributed by atoms with E-state index >= 15 is 0 Å². The summed E-state index contributed by atoms with van der Waals surface area (Å²) in [5, 5.41) is 13.6. The maximum atomic E-state index is 9.74. The first-order valence-electron chi connectivity index (χ1n) is 6.98. The number of rotatable bonds is 6. The van der Waals surface area contributed by atoms with Gasteiger partial charge in [0.2, 0.25) is 0 Å². The fraction of sp³-hybridized carbons (Fsp3) is 0.625. The Hall–Kier alpha value is -0.970. The van der Waals surface area contributed by atoms with Gasteiger partial charge in [-0.3, -0.25) is 0 Å². The largest absolute Gasteiger partial charge is 0.493 e. The molecular weight excluding hydrogens is 290 g/mol. The minimum Gasteiger partial charge on any atom is -0.493 e. The first-order valence-corrected chi connectivity index (χ1v) is 7.36. The van der Waals surface area contributed by atoms with Crippen molar-refractivity contribution in [1.82, 2.24) is 5.32 Å². The number of benzene rings is 1. The Morgan fingerprint density at radius 1 is 1.19 bits per heavy atom. The molecular formula is C16H26ClNO3. The molecule has 0 amide bonds. The molecule has 2 N–H and O–H groups in total. The highest BCUT2D eigenvalue weighted by Gasteiger charge is 2.18. The van der Waals surface area contributed by atoms with Gasteiger partial charge in [0, 0.05) is 12.1 Å². The van der Waals surface area contributed by atoms with Crippen LogP contribution < -0.4 is 14.8 Å². The molecule has 0 radical (unpaired) electrons. The fourth-order valence-electron chi connectivity index (χ4n) is 1.63. The Bertz CT molecular complexity index is 476. The normalized spacial score (nSPS) is 12.4. The summed E-state index contributed by atoms with van der Waals surface area (Å²) < 4.78 is 10.9. The molecule has 0 aliphatic heterocycles. The summed E-state index contributed by atoms with van der Waals surface area (Å²) >= 11 is 6.28. The van der Waals surface area contributed by atoms with Gasteiger partial charge in [-0.05, 0) is 52.3 Å².